The molecule has 20 heavy (non-hydrogen) atoms. The Hall–Kier alpha value is -0.830. The summed E-state index contributed by atoms with van der Waals surface area (Å²) in [4.78, 5) is 4.53. The van der Waals surface area contributed by atoms with E-state index in [0.717, 1.165) is 24.8 Å². The predicted molar refractivity (Wildman–Crippen MR) is 84.7 cm³/mol. The predicted octanol–water partition coefficient (Wildman–Crippen LogP) is 3.40. The van der Waals surface area contributed by atoms with E-state index in [4.69, 9.17) is 0 Å². The highest BCUT2D eigenvalue weighted by molar-refractivity contribution is 4.97. The zero-order valence-corrected chi connectivity index (χ0v) is 13.8. The van der Waals surface area contributed by atoms with Crippen LogP contribution < -0.4 is 5.32 Å². The fourth-order valence-corrected chi connectivity index (χ4v) is 3.51. The number of aromatic nitrogens is 2. The van der Waals surface area contributed by atoms with Gasteiger partial charge in [-0.2, -0.15) is 0 Å². The number of hydrogen-bond acceptors (Lipinski definition) is 2. The number of hydrogen-bond donors (Lipinski definition) is 1. The van der Waals surface area contributed by atoms with Gasteiger partial charge >= 0.3 is 0 Å². The van der Waals surface area contributed by atoms with E-state index in [-0.39, 0.29) is 0 Å². The van der Waals surface area contributed by atoms with Gasteiger partial charge in [0.2, 0.25) is 0 Å². The smallest absolute Gasteiger partial charge is 0.108 e. The van der Waals surface area contributed by atoms with Gasteiger partial charge in [0.25, 0.3) is 0 Å². The number of nitrogens with zero attached hydrogens (tertiary/aromatic N) is 2. The summed E-state index contributed by atoms with van der Waals surface area (Å²) in [6.45, 7) is 10.5. The lowest BCUT2D eigenvalue weighted by molar-refractivity contribution is 0.113. The molecule has 1 N–H and O–H groups in total. The molecule has 1 aliphatic rings. The highest BCUT2D eigenvalue weighted by atomic mass is 15.0. The van der Waals surface area contributed by atoms with Crippen molar-refractivity contribution in [2.45, 2.75) is 59.4 Å². The van der Waals surface area contributed by atoms with Crippen LogP contribution in [0.1, 0.15) is 52.8 Å². The Balaban J connectivity index is 2.04. The molecule has 3 nitrogen and oxygen atoms in total. The quantitative estimate of drug-likeness (QED) is 0.894. The third-order valence-corrected chi connectivity index (χ3v) is 4.83. The van der Waals surface area contributed by atoms with E-state index in [1.807, 2.05) is 6.20 Å². The van der Waals surface area contributed by atoms with Gasteiger partial charge in [0.05, 0.1) is 0 Å². The Bertz CT molecular complexity index is 418. The molecule has 1 aliphatic carbocycles. The number of rotatable bonds is 5. The average molecular weight is 277 g/mol. The van der Waals surface area contributed by atoms with E-state index in [0.29, 0.717) is 11.5 Å². The molecule has 1 fully saturated rings. The van der Waals surface area contributed by atoms with Gasteiger partial charge in [0.1, 0.15) is 5.82 Å². The standard InChI is InChI=1S/C17H31N3/c1-13(2)19-12-14-6-7-17(3,4)11-15(14)10-16-18-8-9-20(16)5/h8-9,13-15,19H,6-7,10-12H2,1-5H3. The van der Waals surface area contributed by atoms with Crippen LogP contribution in [-0.2, 0) is 13.5 Å². The van der Waals surface area contributed by atoms with Crippen LogP contribution >= 0.6 is 0 Å². The van der Waals surface area contributed by atoms with Crippen molar-refractivity contribution in [1.29, 1.82) is 0 Å². The molecule has 0 amide bonds. The molecular formula is C17H31N3. The van der Waals surface area contributed by atoms with E-state index < -0.39 is 0 Å². The molecule has 0 aliphatic heterocycles. The van der Waals surface area contributed by atoms with Crippen molar-refractivity contribution in [3.63, 3.8) is 0 Å². The normalized spacial score (nSPS) is 26.1. The van der Waals surface area contributed by atoms with E-state index in [2.05, 4.69) is 55.8 Å². The summed E-state index contributed by atoms with van der Waals surface area (Å²) in [6.07, 6.45) is 9.13. The maximum absolute atomic E-state index is 4.53. The third kappa shape index (κ3) is 4.08. The lowest BCUT2D eigenvalue weighted by Crippen LogP contribution is -2.39. The van der Waals surface area contributed by atoms with Crippen LogP contribution in [0.25, 0.3) is 0 Å². The van der Waals surface area contributed by atoms with E-state index in [9.17, 15) is 0 Å². The lowest BCUT2D eigenvalue weighted by Gasteiger charge is -2.41. The molecule has 2 atom stereocenters. The topological polar surface area (TPSA) is 29.9 Å². The van der Waals surface area contributed by atoms with E-state index in [1.165, 1.54) is 25.1 Å². The van der Waals surface area contributed by atoms with Crippen LogP contribution in [-0.4, -0.2) is 22.1 Å². The first-order valence-corrected chi connectivity index (χ1v) is 8.07. The van der Waals surface area contributed by atoms with Gasteiger partial charge in [-0.05, 0) is 43.1 Å². The SMILES string of the molecule is CC(C)NCC1CCC(C)(C)CC1Cc1nccn1C. The molecule has 3 heteroatoms. The minimum Gasteiger partial charge on any atom is -0.338 e. The molecule has 0 radical (unpaired) electrons. The molecule has 1 saturated carbocycles. The summed E-state index contributed by atoms with van der Waals surface area (Å²) >= 11 is 0. The van der Waals surface area contributed by atoms with Crippen molar-refractivity contribution < 1.29 is 0 Å². The van der Waals surface area contributed by atoms with Crippen molar-refractivity contribution in [2.75, 3.05) is 6.54 Å². The second kappa shape index (κ2) is 6.30. The van der Waals surface area contributed by atoms with Gasteiger partial charge in [-0.15, -0.1) is 0 Å². The maximum atomic E-state index is 4.53. The van der Waals surface area contributed by atoms with Gasteiger partial charge in [0.15, 0.2) is 0 Å². The molecule has 0 bridgehead atoms. The van der Waals surface area contributed by atoms with Gasteiger partial charge < -0.3 is 9.88 Å². The molecule has 0 aromatic carbocycles. The number of aryl methyl sites for hydroxylation is 1. The largest absolute Gasteiger partial charge is 0.338 e. The summed E-state index contributed by atoms with van der Waals surface area (Å²) in [5, 5.41) is 3.64. The molecular weight excluding hydrogens is 246 g/mol. The molecule has 0 saturated heterocycles. The first kappa shape index (κ1) is 15.6. The first-order chi connectivity index (χ1) is 9.37. The third-order valence-electron chi connectivity index (χ3n) is 4.83. The second-order valence-corrected chi connectivity index (χ2v) is 7.65. The van der Waals surface area contributed by atoms with Gasteiger partial charge in [-0.25, -0.2) is 4.98 Å². The molecule has 1 aromatic rings. The highest BCUT2D eigenvalue weighted by Crippen LogP contribution is 2.42. The van der Waals surface area contributed by atoms with Crippen LogP contribution in [0.2, 0.25) is 0 Å². The fraction of sp³-hybridized carbons (Fsp3) is 0.824. The van der Waals surface area contributed by atoms with Gasteiger partial charge in [-0.1, -0.05) is 27.7 Å². The van der Waals surface area contributed by atoms with Gasteiger partial charge in [0, 0.05) is 31.9 Å². The van der Waals surface area contributed by atoms with Crippen molar-refractivity contribution in [3.05, 3.63) is 18.2 Å². The summed E-state index contributed by atoms with van der Waals surface area (Å²) in [6, 6.07) is 0.582. The fourth-order valence-electron chi connectivity index (χ4n) is 3.51. The molecule has 114 valence electrons. The average Bonchev–Trinajstić information content (AvgIpc) is 2.73. The Morgan fingerprint density at radius 1 is 1.40 bits per heavy atom. The number of imidazole rings is 1. The summed E-state index contributed by atoms with van der Waals surface area (Å²) < 4.78 is 2.18. The summed E-state index contributed by atoms with van der Waals surface area (Å²) in [5.74, 6) is 2.79. The molecule has 1 heterocycles. The summed E-state index contributed by atoms with van der Waals surface area (Å²) in [7, 11) is 2.11. The molecule has 2 rings (SSSR count). The van der Waals surface area contributed by atoms with Crippen molar-refractivity contribution >= 4 is 0 Å². The van der Waals surface area contributed by atoms with Crippen molar-refractivity contribution in [3.8, 4) is 0 Å². The Kier molecular flexibility index (Phi) is 4.90. The number of nitrogens with one attached hydrogen (secondary N) is 1. The Labute approximate surface area is 124 Å². The van der Waals surface area contributed by atoms with Crippen LogP contribution in [0.3, 0.4) is 0 Å². The highest BCUT2D eigenvalue weighted by Gasteiger charge is 2.35. The van der Waals surface area contributed by atoms with Gasteiger partial charge in [-0.3, -0.25) is 0 Å². The van der Waals surface area contributed by atoms with Crippen LogP contribution in [0, 0.1) is 17.3 Å². The van der Waals surface area contributed by atoms with E-state index >= 15 is 0 Å². The zero-order valence-electron chi connectivity index (χ0n) is 13.8. The lowest BCUT2D eigenvalue weighted by atomic mass is 9.66. The van der Waals surface area contributed by atoms with Crippen molar-refractivity contribution in [2.24, 2.45) is 24.3 Å². The maximum Gasteiger partial charge on any atom is 0.108 e. The Morgan fingerprint density at radius 2 is 2.15 bits per heavy atom. The van der Waals surface area contributed by atoms with Crippen LogP contribution in [0.4, 0.5) is 0 Å². The monoisotopic (exact) mass is 277 g/mol. The Morgan fingerprint density at radius 3 is 2.75 bits per heavy atom. The minimum atomic E-state index is 0.490. The summed E-state index contributed by atoms with van der Waals surface area (Å²) in [5.41, 5.74) is 0.490. The van der Waals surface area contributed by atoms with Crippen molar-refractivity contribution in [1.82, 2.24) is 14.9 Å². The van der Waals surface area contributed by atoms with Crippen LogP contribution in [0.15, 0.2) is 12.4 Å². The molecule has 0 spiro atoms. The van der Waals surface area contributed by atoms with Crippen LogP contribution in [0.5, 0.6) is 0 Å². The first-order valence-electron chi connectivity index (χ1n) is 8.07. The zero-order chi connectivity index (χ0) is 14.8. The molecule has 1 aromatic heterocycles. The van der Waals surface area contributed by atoms with E-state index in [1.54, 1.807) is 0 Å². The minimum absolute atomic E-state index is 0.490. The second-order valence-electron chi connectivity index (χ2n) is 7.65. The molecule has 2 unspecified atom stereocenters.